The van der Waals surface area contributed by atoms with E-state index in [1.807, 2.05) is 6.20 Å². The van der Waals surface area contributed by atoms with Crippen molar-refractivity contribution in [3.05, 3.63) is 60.8 Å². The van der Waals surface area contributed by atoms with Crippen LogP contribution < -0.4 is 15.1 Å². The van der Waals surface area contributed by atoms with Crippen LogP contribution in [0.25, 0.3) is 10.8 Å². The van der Waals surface area contributed by atoms with E-state index in [9.17, 15) is 0 Å². The van der Waals surface area contributed by atoms with Gasteiger partial charge >= 0.3 is 0 Å². The van der Waals surface area contributed by atoms with Gasteiger partial charge in [-0.05, 0) is 37.2 Å². The van der Waals surface area contributed by atoms with Gasteiger partial charge in [0.25, 0.3) is 0 Å². The Morgan fingerprint density at radius 3 is 2.68 bits per heavy atom. The van der Waals surface area contributed by atoms with Gasteiger partial charge in [-0.15, -0.1) is 0 Å². The summed E-state index contributed by atoms with van der Waals surface area (Å²) in [5.74, 6) is 1.10. The van der Waals surface area contributed by atoms with Gasteiger partial charge in [0.1, 0.15) is 5.82 Å². The van der Waals surface area contributed by atoms with E-state index in [2.05, 4.69) is 76.8 Å². The molecule has 0 atom stereocenters. The number of nitrogens with one attached hydrogen (secondary N) is 1. The molecule has 4 heteroatoms. The van der Waals surface area contributed by atoms with Gasteiger partial charge in [-0.3, -0.25) is 0 Å². The first-order valence-electron chi connectivity index (χ1n) is 8.97. The summed E-state index contributed by atoms with van der Waals surface area (Å²) in [5.41, 5.74) is 2.40. The lowest BCUT2D eigenvalue weighted by Crippen LogP contribution is -2.28. The van der Waals surface area contributed by atoms with Gasteiger partial charge in [0, 0.05) is 55.0 Å². The monoisotopic (exact) mass is 332 g/mol. The van der Waals surface area contributed by atoms with Crippen molar-refractivity contribution in [1.29, 1.82) is 0 Å². The quantitative estimate of drug-likeness (QED) is 0.790. The third-order valence-electron chi connectivity index (χ3n) is 4.91. The molecule has 0 radical (unpaired) electrons. The van der Waals surface area contributed by atoms with Crippen molar-refractivity contribution >= 4 is 28.0 Å². The van der Waals surface area contributed by atoms with Gasteiger partial charge in [0.2, 0.25) is 0 Å². The van der Waals surface area contributed by atoms with E-state index in [1.54, 1.807) is 0 Å². The molecule has 1 saturated heterocycles. The summed E-state index contributed by atoms with van der Waals surface area (Å²) >= 11 is 0. The molecular weight excluding hydrogens is 308 g/mol. The van der Waals surface area contributed by atoms with Gasteiger partial charge in [-0.25, -0.2) is 4.98 Å². The summed E-state index contributed by atoms with van der Waals surface area (Å²) in [5, 5.41) is 5.94. The van der Waals surface area contributed by atoms with Crippen LogP contribution in [0.4, 0.5) is 17.2 Å². The zero-order valence-corrected chi connectivity index (χ0v) is 14.7. The summed E-state index contributed by atoms with van der Waals surface area (Å²) < 4.78 is 0. The molecule has 0 unspecified atom stereocenters. The van der Waals surface area contributed by atoms with Gasteiger partial charge in [0.05, 0.1) is 0 Å². The lowest BCUT2D eigenvalue weighted by Gasteiger charge is -2.25. The van der Waals surface area contributed by atoms with E-state index in [4.69, 9.17) is 4.98 Å². The largest absolute Gasteiger partial charge is 0.355 e. The molecule has 0 saturated carbocycles. The molecule has 3 aromatic rings. The first kappa shape index (κ1) is 15.9. The van der Waals surface area contributed by atoms with Crippen molar-refractivity contribution < 1.29 is 0 Å². The summed E-state index contributed by atoms with van der Waals surface area (Å²) in [4.78, 5) is 9.38. The summed E-state index contributed by atoms with van der Waals surface area (Å²) in [6.07, 6.45) is 3.10. The second-order valence-electron chi connectivity index (χ2n) is 6.49. The minimum absolute atomic E-state index is 1.00. The van der Waals surface area contributed by atoms with Crippen LogP contribution in [0.1, 0.15) is 6.42 Å². The molecule has 128 valence electrons. The van der Waals surface area contributed by atoms with Gasteiger partial charge in [-0.2, -0.15) is 0 Å². The molecule has 25 heavy (non-hydrogen) atoms. The molecule has 2 aromatic carbocycles. The van der Waals surface area contributed by atoms with Crippen molar-refractivity contribution in [2.24, 2.45) is 0 Å². The van der Waals surface area contributed by atoms with E-state index in [1.165, 1.54) is 22.1 Å². The first-order chi connectivity index (χ1) is 12.3. The predicted octanol–water partition coefficient (Wildman–Crippen LogP) is 3.80. The van der Waals surface area contributed by atoms with E-state index in [-0.39, 0.29) is 0 Å². The van der Waals surface area contributed by atoms with Gasteiger partial charge in [0.15, 0.2) is 0 Å². The van der Waals surface area contributed by atoms with Crippen LogP contribution in [-0.4, -0.2) is 38.2 Å². The van der Waals surface area contributed by atoms with E-state index < -0.39 is 0 Å². The van der Waals surface area contributed by atoms with Crippen LogP contribution in [-0.2, 0) is 0 Å². The third-order valence-corrected chi connectivity index (χ3v) is 4.91. The molecular formula is C21H24N4. The van der Waals surface area contributed by atoms with Crippen LogP contribution in [0.15, 0.2) is 60.8 Å². The molecule has 0 amide bonds. The lowest BCUT2D eigenvalue weighted by molar-refractivity contribution is 0.724. The summed E-state index contributed by atoms with van der Waals surface area (Å²) in [6.45, 7) is 4.16. The SMILES string of the molecule is CN(c1ccccc1)c1cccc2c(N3CCCNCC3)nccc12. The lowest BCUT2D eigenvalue weighted by atomic mass is 10.1. The highest BCUT2D eigenvalue weighted by Gasteiger charge is 2.16. The smallest absolute Gasteiger partial charge is 0.136 e. The average Bonchev–Trinajstić information content (AvgIpc) is 2.96. The Hall–Kier alpha value is -2.59. The topological polar surface area (TPSA) is 31.4 Å². The fraction of sp³-hybridized carbons (Fsp3) is 0.286. The van der Waals surface area contributed by atoms with Crippen LogP contribution in [0.3, 0.4) is 0 Å². The molecule has 2 heterocycles. The number of para-hydroxylation sites is 1. The maximum absolute atomic E-state index is 4.73. The van der Waals surface area contributed by atoms with Crippen LogP contribution in [0, 0.1) is 0 Å². The Balaban J connectivity index is 1.78. The van der Waals surface area contributed by atoms with E-state index >= 15 is 0 Å². The molecule has 1 aliphatic rings. The fourth-order valence-corrected chi connectivity index (χ4v) is 3.57. The molecule has 1 fully saturated rings. The van der Waals surface area contributed by atoms with Crippen molar-refractivity contribution in [2.45, 2.75) is 6.42 Å². The Kier molecular flexibility index (Phi) is 4.53. The molecule has 1 aliphatic heterocycles. The number of fused-ring (bicyclic) bond motifs is 1. The number of hydrogen-bond acceptors (Lipinski definition) is 4. The van der Waals surface area contributed by atoms with E-state index in [0.29, 0.717) is 0 Å². The number of rotatable bonds is 3. The predicted molar refractivity (Wildman–Crippen MR) is 106 cm³/mol. The molecule has 1 aromatic heterocycles. The summed E-state index contributed by atoms with van der Waals surface area (Å²) in [7, 11) is 2.13. The Morgan fingerprint density at radius 2 is 1.80 bits per heavy atom. The standard InChI is InChI=1S/C21H24N4/c1-24(17-7-3-2-4-8-17)20-10-5-9-19-18(20)11-13-23-21(19)25-15-6-12-22-14-16-25/h2-5,7-11,13,22H,6,12,14-16H2,1H3. The maximum Gasteiger partial charge on any atom is 0.136 e. The summed E-state index contributed by atoms with van der Waals surface area (Å²) in [6, 6.07) is 19.1. The third kappa shape index (κ3) is 3.17. The molecule has 0 spiro atoms. The average molecular weight is 332 g/mol. The highest BCUT2D eigenvalue weighted by molar-refractivity contribution is 6.01. The van der Waals surface area contributed by atoms with Crippen LogP contribution >= 0.6 is 0 Å². The van der Waals surface area contributed by atoms with Crippen molar-refractivity contribution in [3.63, 3.8) is 0 Å². The fourth-order valence-electron chi connectivity index (χ4n) is 3.57. The minimum Gasteiger partial charge on any atom is -0.355 e. The molecule has 1 N–H and O–H groups in total. The minimum atomic E-state index is 1.00. The first-order valence-corrected chi connectivity index (χ1v) is 8.97. The second kappa shape index (κ2) is 7.11. The Bertz CT molecular complexity index is 839. The van der Waals surface area contributed by atoms with Crippen LogP contribution in [0.2, 0.25) is 0 Å². The van der Waals surface area contributed by atoms with Gasteiger partial charge in [-0.1, -0.05) is 30.3 Å². The highest BCUT2D eigenvalue weighted by atomic mass is 15.2. The zero-order chi connectivity index (χ0) is 17.1. The Labute approximate surface area is 149 Å². The molecule has 4 rings (SSSR count). The number of anilines is 3. The van der Waals surface area contributed by atoms with Crippen LogP contribution in [0.5, 0.6) is 0 Å². The van der Waals surface area contributed by atoms with Gasteiger partial charge < -0.3 is 15.1 Å². The number of pyridine rings is 1. The second-order valence-corrected chi connectivity index (χ2v) is 6.49. The highest BCUT2D eigenvalue weighted by Crippen LogP contribution is 2.34. The number of nitrogens with zero attached hydrogens (tertiary/aromatic N) is 3. The van der Waals surface area contributed by atoms with Crippen molar-refractivity contribution in [2.75, 3.05) is 43.0 Å². The van der Waals surface area contributed by atoms with E-state index in [0.717, 1.165) is 38.4 Å². The number of benzene rings is 2. The normalized spacial score (nSPS) is 15.2. The molecule has 0 bridgehead atoms. The van der Waals surface area contributed by atoms with Crippen molar-refractivity contribution in [3.8, 4) is 0 Å². The zero-order valence-electron chi connectivity index (χ0n) is 14.7. The van der Waals surface area contributed by atoms with Crippen molar-refractivity contribution in [1.82, 2.24) is 10.3 Å². The molecule has 0 aliphatic carbocycles. The molecule has 4 nitrogen and oxygen atoms in total. The maximum atomic E-state index is 4.73. The number of hydrogen-bond donors (Lipinski definition) is 1. The Morgan fingerprint density at radius 1 is 0.920 bits per heavy atom. The number of aromatic nitrogens is 1.